The molecule has 4 heteroatoms. The van der Waals surface area contributed by atoms with E-state index in [0.717, 1.165) is 21.8 Å². The largest absolute Gasteiger partial charge is 0.481 e. The molecule has 1 aromatic carbocycles. The van der Waals surface area contributed by atoms with E-state index in [1.807, 2.05) is 36.6 Å². The molecular weight excluding hydrogens is 282 g/mol. The Kier molecular flexibility index (Phi) is 4.47. The molecule has 0 fully saturated rings. The first-order chi connectivity index (χ1) is 9.77. The van der Waals surface area contributed by atoms with Gasteiger partial charge in [0.05, 0.1) is 16.6 Å². The second-order valence-corrected chi connectivity index (χ2v) is 7.33. The van der Waals surface area contributed by atoms with E-state index in [2.05, 4.69) is 25.8 Å². The molecule has 1 aromatic heterocycles. The number of aryl methyl sites for hydroxylation is 1. The van der Waals surface area contributed by atoms with E-state index < -0.39 is 11.9 Å². The summed E-state index contributed by atoms with van der Waals surface area (Å²) in [6.45, 7) is 8.31. The molecule has 0 amide bonds. The lowest BCUT2D eigenvalue weighted by Crippen LogP contribution is -2.15. The van der Waals surface area contributed by atoms with Crippen LogP contribution in [0.15, 0.2) is 29.6 Å². The summed E-state index contributed by atoms with van der Waals surface area (Å²) in [6.07, 6.45) is 0.444. The van der Waals surface area contributed by atoms with Crippen LogP contribution in [-0.4, -0.2) is 16.1 Å². The summed E-state index contributed by atoms with van der Waals surface area (Å²) in [6, 6.07) is 7.70. The Morgan fingerprint density at radius 3 is 2.62 bits per heavy atom. The first kappa shape index (κ1) is 15.7. The molecule has 0 saturated carbocycles. The van der Waals surface area contributed by atoms with Crippen LogP contribution in [0.25, 0.3) is 0 Å². The number of thiazole rings is 1. The maximum absolute atomic E-state index is 11.6. The number of hydrogen-bond donors (Lipinski definition) is 1. The molecule has 0 saturated heterocycles. The van der Waals surface area contributed by atoms with Crippen LogP contribution in [0.2, 0.25) is 0 Å². The Balaban J connectivity index is 2.25. The normalized spacial score (nSPS) is 13.1. The Morgan fingerprint density at radius 2 is 2.10 bits per heavy atom. The second-order valence-electron chi connectivity index (χ2n) is 6.39. The van der Waals surface area contributed by atoms with Crippen molar-refractivity contribution < 1.29 is 9.90 Å². The number of aliphatic carboxylic acids is 1. The van der Waals surface area contributed by atoms with Gasteiger partial charge >= 0.3 is 5.97 Å². The number of aromatic nitrogens is 1. The van der Waals surface area contributed by atoms with Gasteiger partial charge in [0, 0.05) is 17.2 Å². The molecule has 2 aromatic rings. The Bertz CT molecular complexity index is 640. The molecule has 1 heterocycles. The Hall–Kier alpha value is -1.68. The van der Waals surface area contributed by atoms with E-state index in [9.17, 15) is 9.90 Å². The van der Waals surface area contributed by atoms with E-state index in [-0.39, 0.29) is 5.41 Å². The highest BCUT2D eigenvalue weighted by molar-refractivity contribution is 7.09. The van der Waals surface area contributed by atoms with Crippen molar-refractivity contribution in [2.45, 2.75) is 45.4 Å². The van der Waals surface area contributed by atoms with Crippen molar-refractivity contribution in [2.75, 3.05) is 0 Å². The highest BCUT2D eigenvalue weighted by Crippen LogP contribution is 2.28. The summed E-state index contributed by atoms with van der Waals surface area (Å²) in [5.74, 6) is -1.34. The SMILES string of the molecule is Cc1cccc(C(Cc2nc(C(C)(C)C)cs2)C(=O)O)c1. The van der Waals surface area contributed by atoms with Crippen molar-refractivity contribution in [1.29, 1.82) is 0 Å². The molecule has 0 bridgehead atoms. The first-order valence-corrected chi connectivity index (χ1v) is 7.89. The zero-order valence-corrected chi connectivity index (χ0v) is 13.7. The van der Waals surface area contributed by atoms with E-state index in [0.29, 0.717) is 6.42 Å². The van der Waals surface area contributed by atoms with Crippen LogP contribution in [-0.2, 0) is 16.6 Å². The van der Waals surface area contributed by atoms with E-state index in [4.69, 9.17) is 0 Å². The molecule has 1 atom stereocenters. The molecule has 0 spiro atoms. The van der Waals surface area contributed by atoms with Crippen molar-refractivity contribution in [3.63, 3.8) is 0 Å². The fourth-order valence-electron chi connectivity index (χ4n) is 2.16. The van der Waals surface area contributed by atoms with Gasteiger partial charge in [0.15, 0.2) is 0 Å². The molecule has 112 valence electrons. The van der Waals surface area contributed by atoms with E-state index >= 15 is 0 Å². The molecule has 1 unspecified atom stereocenters. The van der Waals surface area contributed by atoms with Gasteiger partial charge in [-0.15, -0.1) is 11.3 Å². The van der Waals surface area contributed by atoms with Crippen molar-refractivity contribution >= 4 is 17.3 Å². The summed E-state index contributed by atoms with van der Waals surface area (Å²) in [5.41, 5.74) is 2.94. The van der Waals surface area contributed by atoms with Gasteiger partial charge < -0.3 is 5.11 Å². The average molecular weight is 303 g/mol. The summed E-state index contributed by atoms with van der Waals surface area (Å²) in [5, 5.41) is 12.4. The number of nitrogens with zero attached hydrogens (tertiary/aromatic N) is 1. The lowest BCUT2D eigenvalue weighted by atomic mass is 9.93. The molecule has 21 heavy (non-hydrogen) atoms. The van der Waals surface area contributed by atoms with Crippen LogP contribution in [0.4, 0.5) is 0 Å². The Morgan fingerprint density at radius 1 is 1.38 bits per heavy atom. The minimum atomic E-state index is -0.798. The van der Waals surface area contributed by atoms with Crippen molar-refractivity contribution in [2.24, 2.45) is 0 Å². The lowest BCUT2D eigenvalue weighted by Gasteiger charge is -2.15. The van der Waals surface area contributed by atoms with Crippen molar-refractivity contribution in [3.8, 4) is 0 Å². The van der Waals surface area contributed by atoms with Gasteiger partial charge in [-0.1, -0.05) is 50.6 Å². The summed E-state index contributed by atoms with van der Waals surface area (Å²) < 4.78 is 0. The maximum atomic E-state index is 11.6. The predicted molar refractivity (Wildman–Crippen MR) is 86.1 cm³/mol. The minimum absolute atomic E-state index is 0.00317. The van der Waals surface area contributed by atoms with Crippen LogP contribution in [0.5, 0.6) is 0 Å². The fourth-order valence-corrected chi connectivity index (χ4v) is 3.23. The quantitative estimate of drug-likeness (QED) is 0.922. The van der Waals surface area contributed by atoms with E-state index in [1.165, 1.54) is 0 Å². The van der Waals surface area contributed by atoms with Gasteiger partial charge in [-0.2, -0.15) is 0 Å². The summed E-state index contributed by atoms with van der Waals surface area (Å²) >= 11 is 1.55. The zero-order chi connectivity index (χ0) is 15.6. The smallest absolute Gasteiger partial charge is 0.311 e. The molecule has 2 rings (SSSR count). The number of carboxylic acid groups (broad SMARTS) is 1. The third-order valence-electron chi connectivity index (χ3n) is 3.44. The molecule has 3 nitrogen and oxygen atoms in total. The second kappa shape index (κ2) is 5.98. The van der Waals surface area contributed by atoms with Crippen LogP contribution >= 0.6 is 11.3 Å². The van der Waals surface area contributed by atoms with Crippen LogP contribution in [0.1, 0.15) is 48.5 Å². The van der Waals surface area contributed by atoms with Gasteiger partial charge in [-0.05, 0) is 12.5 Å². The third kappa shape index (κ3) is 3.91. The summed E-state index contributed by atoms with van der Waals surface area (Å²) in [7, 11) is 0. The molecule has 0 aliphatic carbocycles. The number of carboxylic acids is 1. The summed E-state index contributed by atoms with van der Waals surface area (Å²) in [4.78, 5) is 16.2. The molecular formula is C17H21NO2S. The van der Waals surface area contributed by atoms with E-state index in [1.54, 1.807) is 11.3 Å². The highest BCUT2D eigenvalue weighted by atomic mass is 32.1. The van der Waals surface area contributed by atoms with Crippen LogP contribution in [0, 0.1) is 6.92 Å². The van der Waals surface area contributed by atoms with Crippen LogP contribution in [0.3, 0.4) is 0 Å². The van der Waals surface area contributed by atoms with Gasteiger partial charge in [-0.25, -0.2) is 4.98 Å². The molecule has 1 N–H and O–H groups in total. The zero-order valence-electron chi connectivity index (χ0n) is 12.9. The number of hydrogen-bond acceptors (Lipinski definition) is 3. The standard InChI is InChI=1S/C17H21NO2S/c1-11-6-5-7-12(8-11)13(16(19)20)9-15-18-14(10-21-15)17(2,3)4/h5-8,10,13H,9H2,1-4H3,(H,19,20). The maximum Gasteiger partial charge on any atom is 0.311 e. The predicted octanol–water partition coefficient (Wildman–Crippen LogP) is 4.16. The number of benzene rings is 1. The minimum Gasteiger partial charge on any atom is -0.481 e. The lowest BCUT2D eigenvalue weighted by molar-refractivity contribution is -0.138. The Labute approximate surface area is 129 Å². The molecule has 0 aliphatic rings. The molecule has 0 aliphatic heterocycles. The highest BCUT2D eigenvalue weighted by Gasteiger charge is 2.24. The first-order valence-electron chi connectivity index (χ1n) is 7.01. The third-order valence-corrected chi connectivity index (χ3v) is 4.31. The molecule has 0 radical (unpaired) electrons. The number of rotatable bonds is 4. The average Bonchev–Trinajstić information content (AvgIpc) is 2.84. The monoisotopic (exact) mass is 303 g/mol. The topological polar surface area (TPSA) is 50.2 Å². The van der Waals surface area contributed by atoms with Gasteiger partial charge in [0.1, 0.15) is 0 Å². The van der Waals surface area contributed by atoms with Gasteiger partial charge in [-0.3, -0.25) is 4.79 Å². The van der Waals surface area contributed by atoms with Crippen molar-refractivity contribution in [3.05, 3.63) is 51.5 Å². The van der Waals surface area contributed by atoms with Gasteiger partial charge in [0.2, 0.25) is 0 Å². The van der Waals surface area contributed by atoms with Crippen LogP contribution < -0.4 is 0 Å². The number of carbonyl (C=O) groups is 1. The van der Waals surface area contributed by atoms with Crippen molar-refractivity contribution in [1.82, 2.24) is 4.98 Å². The fraction of sp³-hybridized carbons (Fsp3) is 0.412. The van der Waals surface area contributed by atoms with Gasteiger partial charge in [0.25, 0.3) is 0 Å².